The topological polar surface area (TPSA) is 58.2 Å². The van der Waals surface area contributed by atoms with Crippen molar-refractivity contribution in [2.75, 3.05) is 13.6 Å². The van der Waals surface area contributed by atoms with Gasteiger partial charge in [0.25, 0.3) is 0 Å². The van der Waals surface area contributed by atoms with Crippen LogP contribution in [0.25, 0.3) is 0 Å². The molecule has 0 radical (unpaired) electrons. The standard InChI is InChI=1S/C14H17BrN2O2S2/c1-16-10-11-2-5-13(6-3-11)21(18,19)17-9-8-12-4-7-14(15)20-12/h2-7,16-17H,8-10H2,1H3. The molecular weight excluding hydrogens is 372 g/mol. The summed E-state index contributed by atoms with van der Waals surface area (Å²) in [6.07, 6.45) is 0.688. The second kappa shape index (κ2) is 7.51. The molecular formula is C14H17BrN2O2S2. The fourth-order valence-electron chi connectivity index (χ4n) is 1.87. The Bertz CT molecular complexity index is 681. The van der Waals surface area contributed by atoms with Gasteiger partial charge in [0, 0.05) is 18.0 Å². The van der Waals surface area contributed by atoms with Gasteiger partial charge < -0.3 is 5.32 Å². The van der Waals surface area contributed by atoms with Crippen molar-refractivity contribution in [2.24, 2.45) is 0 Å². The van der Waals surface area contributed by atoms with Crippen LogP contribution in [-0.4, -0.2) is 22.0 Å². The van der Waals surface area contributed by atoms with Crippen molar-refractivity contribution >= 4 is 37.3 Å². The SMILES string of the molecule is CNCc1ccc(S(=O)(=O)NCCc2ccc(Br)s2)cc1. The molecule has 0 saturated carbocycles. The molecule has 0 amide bonds. The average Bonchev–Trinajstić information content (AvgIpc) is 2.85. The van der Waals surface area contributed by atoms with E-state index in [4.69, 9.17) is 0 Å². The first-order valence-corrected chi connectivity index (χ1v) is 9.58. The summed E-state index contributed by atoms with van der Waals surface area (Å²) in [6, 6.07) is 10.9. The maximum Gasteiger partial charge on any atom is 0.240 e. The summed E-state index contributed by atoms with van der Waals surface area (Å²) in [5, 5.41) is 3.03. The van der Waals surface area contributed by atoms with Gasteiger partial charge in [-0.15, -0.1) is 11.3 Å². The van der Waals surface area contributed by atoms with Gasteiger partial charge >= 0.3 is 0 Å². The van der Waals surface area contributed by atoms with Crippen LogP contribution in [0.1, 0.15) is 10.4 Å². The summed E-state index contributed by atoms with van der Waals surface area (Å²) >= 11 is 5.01. The molecule has 0 fully saturated rings. The summed E-state index contributed by atoms with van der Waals surface area (Å²) in [4.78, 5) is 1.45. The molecule has 2 N–H and O–H groups in total. The van der Waals surface area contributed by atoms with E-state index in [1.54, 1.807) is 23.5 Å². The lowest BCUT2D eigenvalue weighted by molar-refractivity contribution is 0.582. The van der Waals surface area contributed by atoms with E-state index in [-0.39, 0.29) is 0 Å². The minimum Gasteiger partial charge on any atom is -0.316 e. The molecule has 0 unspecified atom stereocenters. The second-order valence-corrected chi connectivity index (χ2v) is 8.84. The zero-order chi connectivity index (χ0) is 15.3. The maximum atomic E-state index is 12.2. The van der Waals surface area contributed by atoms with Crippen LogP contribution in [0.3, 0.4) is 0 Å². The maximum absolute atomic E-state index is 12.2. The van der Waals surface area contributed by atoms with Gasteiger partial charge in [-0.1, -0.05) is 12.1 Å². The predicted molar refractivity (Wildman–Crippen MR) is 90.1 cm³/mol. The number of hydrogen-bond acceptors (Lipinski definition) is 4. The van der Waals surface area contributed by atoms with Gasteiger partial charge in [-0.2, -0.15) is 0 Å². The molecule has 7 heteroatoms. The van der Waals surface area contributed by atoms with Crippen molar-refractivity contribution in [3.63, 3.8) is 0 Å². The largest absolute Gasteiger partial charge is 0.316 e. The molecule has 1 aromatic heterocycles. The first-order chi connectivity index (χ1) is 10.0. The number of nitrogens with one attached hydrogen (secondary N) is 2. The second-order valence-electron chi connectivity index (χ2n) is 4.53. The molecule has 0 saturated heterocycles. The Morgan fingerprint density at radius 3 is 2.43 bits per heavy atom. The Kier molecular flexibility index (Phi) is 5.95. The van der Waals surface area contributed by atoms with Crippen LogP contribution in [0.15, 0.2) is 45.1 Å². The fourth-order valence-corrected chi connectivity index (χ4v) is 4.38. The lowest BCUT2D eigenvalue weighted by atomic mass is 10.2. The third-order valence-electron chi connectivity index (χ3n) is 2.91. The predicted octanol–water partition coefficient (Wildman–Crippen LogP) is 2.75. The summed E-state index contributed by atoms with van der Waals surface area (Å²) in [7, 11) is -1.58. The number of halogens is 1. The normalized spacial score (nSPS) is 11.7. The Labute approximate surface area is 137 Å². The molecule has 114 valence electrons. The summed E-state index contributed by atoms with van der Waals surface area (Å²) in [6.45, 7) is 1.12. The van der Waals surface area contributed by atoms with E-state index >= 15 is 0 Å². The Hall–Kier alpha value is -0.730. The first-order valence-electron chi connectivity index (χ1n) is 6.49. The van der Waals surface area contributed by atoms with Crippen LogP contribution in [0.5, 0.6) is 0 Å². The molecule has 0 spiro atoms. The highest BCUT2D eigenvalue weighted by atomic mass is 79.9. The quantitative estimate of drug-likeness (QED) is 0.766. The van der Waals surface area contributed by atoms with E-state index < -0.39 is 10.0 Å². The zero-order valence-electron chi connectivity index (χ0n) is 11.6. The Balaban J connectivity index is 1.94. The van der Waals surface area contributed by atoms with Gasteiger partial charge in [0.2, 0.25) is 10.0 Å². The average molecular weight is 389 g/mol. The molecule has 1 aromatic carbocycles. The highest BCUT2D eigenvalue weighted by molar-refractivity contribution is 9.11. The van der Waals surface area contributed by atoms with Crippen LogP contribution >= 0.6 is 27.3 Å². The van der Waals surface area contributed by atoms with Gasteiger partial charge in [-0.3, -0.25) is 0 Å². The third-order valence-corrected chi connectivity index (χ3v) is 6.07. The fraction of sp³-hybridized carbons (Fsp3) is 0.286. The van der Waals surface area contributed by atoms with Crippen molar-refractivity contribution < 1.29 is 8.42 Å². The van der Waals surface area contributed by atoms with Crippen LogP contribution < -0.4 is 10.0 Å². The third kappa shape index (κ3) is 4.89. The molecule has 0 bridgehead atoms. The van der Waals surface area contributed by atoms with Crippen molar-refractivity contribution in [3.8, 4) is 0 Å². The van der Waals surface area contributed by atoms with Crippen LogP contribution in [-0.2, 0) is 23.0 Å². The van der Waals surface area contributed by atoms with Gasteiger partial charge in [0.1, 0.15) is 0 Å². The van der Waals surface area contributed by atoms with E-state index in [9.17, 15) is 8.42 Å². The smallest absolute Gasteiger partial charge is 0.240 e. The number of hydrogen-bond donors (Lipinski definition) is 2. The van der Waals surface area contributed by atoms with Crippen LogP contribution in [0.2, 0.25) is 0 Å². The molecule has 1 heterocycles. The number of rotatable bonds is 7. The van der Waals surface area contributed by atoms with Crippen molar-refractivity contribution in [1.29, 1.82) is 0 Å². The highest BCUT2D eigenvalue weighted by Crippen LogP contribution is 2.22. The van der Waals surface area contributed by atoms with E-state index in [1.807, 2.05) is 31.3 Å². The summed E-state index contributed by atoms with van der Waals surface area (Å²) < 4.78 is 28.0. The highest BCUT2D eigenvalue weighted by Gasteiger charge is 2.13. The summed E-state index contributed by atoms with van der Waals surface area (Å²) in [5.41, 5.74) is 1.06. The number of sulfonamides is 1. The van der Waals surface area contributed by atoms with Gasteiger partial charge in [0.15, 0.2) is 0 Å². The van der Waals surface area contributed by atoms with Crippen LogP contribution in [0, 0.1) is 0 Å². The molecule has 0 aliphatic heterocycles. The van der Waals surface area contributed by atoms with E-state index in [0.717, 1.165) is 20.8 Å². The van der Waals surface area contributed by atoms with Gasteiger partial charge in [-0.05, 0) is 59.2 Å². The minimum absolute atomic E-state index is 0.301. The molecule has 21 heavy (non-hydrogen) atoms. The number of benzene rings is 1. The minimum atomic E-state index is -3.43. The Morgan fingerprint density at radius 1 is 1.14 bits per heavy atom. The van der Waals surface area contributed by atoms with E-state index in [0.29, 0.717) is 17.9 Å². The van der Waals surface area contributed by atoms with Gasteiger partial charge in [0.05, 0.1) is 8.68 Å². The van der Waals surface area contributed by atoms with E-state index in [1.165, 1.54) is 0 Å². The van der Waals surface area contributed by atoms with Crippen molar-refractivity contribution in [1.82, 2.24) is 10.0 Å². The molecule has 0 atom stereocenters. The lowest BCUT2D eigenvalue weighted by Gasteiger charge is -2.07. The lowest BCUT2D eigenvalue weighted by Crippen LogP contribution is -2.25. The van der Waals surface area contributed by atoms with Gasteiger partial charge in [-0.25, -0.2) is 13.1 Å². The molecule has 0 aliphatic rings. The Morgan fingerprint density at radius 2 is 1.86 bits per heavy atom. The summed E-state index contributed by atoms with van der Waals surface area (Å²) in [5.74, 6) is 0. The number of thiophene rings is 1. The molecule has 2 aromatic rings. The first kappa shape index (κ1) is 16.6. The van der Waals surface area contributed by atoms with E-state index in [2.05, 4.69) is 26.0 Å². The van der Waals surface area contributed by atoms with Crippen molar-refractivity contribution in [3.05, 3.63) is 50.6 Å². The molecule has 0 aliphatic carbocycles. The zero-order valence-corrected chi connectivity index (χ0v) is 14.8. The van der Waals surface area contributed by atoms with Crippen molar-refractivity contribution in [2.45, 2.75) is 17.9 Å². The molecule has 2 rings (SSSR count). The molecule has 4 nitrogen and oxygen atoms in total. The monoisotopic (exact) mass is 388 g/mol. The van der Waals surface area contributed by atoms with Crippen LogP contribution in [0.4, 0.5) is 0 Å².